The van der Waals surface area contributed by atoms with Gasteiger partial charge in [0.15, 0.2) is 23.3 Å². The zero-order valence-corrected chi connectivity index (χ0v) is 18.3. The Balaban J connectivity index is 1.68. The van der Waals surface area contributed by atoms with Gasteiger partial charge in [-0.05, 0) is 67.2 Å². The third-order valence-electron chi connectivity index (χ3n) is 6.94. The van der Waals surface area contributed by atoms with Gasteiger partial charge in [0.2, 0.25) is 0 Å². The maximum Gasteiger partial charge on any atom is 0.170 e. The number of halogens is 4. The van der Waals surface area contributed by atoms with Gasteiger partial charge in [0.1, 0.15) is 11.2 Å². The van der Waals surface area contributed by atoms with E-state index < -0.39 is 23.3 Å². The highest BCUT2D eigenvalue weighted by molar-refractivity contribution is 6.06. The van der Waals surface area contributed by atoms with Crippen LogP contribution in [0.25, 0.3) is 21.9 Å². The van der Waals surface area contributed by atoms with Crippen molar-refractivity contribution in [2.75, 3.05) is 0 Å². The molecule has 1 aromatic heterocycles. The van der Waals surface area contributed by atoms with Gasteiger partial charge in [-0.2, -0.15) is 0 Å². The van der Waals surface area contributed by atoms with Crippen molar-refractivity contribution in [2.45, 2.75) is 84.0 Å². The lowest BCUT2D eigenvalue weighted by molar-refractivity contribution is 0.298. The Morgan fingerprint density at radius 3 is 2.06 bits per heavy atom. The Morgan fingerprint density at radius 1 is 0.774 bits per heavy atom. The summed E-state index contributed by atoms with van der Waals surface area (Å²) in [4.78, 5) is 0. The lowest BCUT2D eigenvalue weighted by Gasteiger charge is -2.29. The summed E-state index contributed by atoms with van der Waals surface area (Å²) in [6, 6.07) is 2.92. The molecule has 0 N–H and O–H groups in total. The van der Waals surface area contributed by atoms with E-state index >= 15 is 8.78 Å². The van der Waals surface area contributed by atoms with Crippen LogP contribution >= 0.6 is 0 Å². The molecule has 1 nitrogen and oxygen atoms in total. The molecule has 2 aromatic carbocycles. The van der Waals surface area contributed by atoms with Gasteiger partial charge in [-0.1, -0.05) is 46.0 Å². The van der Waals surface area contributed by atoms with Crippen LogP contribution in [0.3, 0.4) is 0 Å². The van der Waals surface area contributed by atoms with E-state index in [2.05, 4.69) is 6.92 Å². The molecule has 0 amide bonds. The van der Waals surface area contributed by atoms with Gasteiger partial charge < -0.3 is 4.42 Å². The summed E-state index contributed by atoms with van der Waals surface area (Å²) >= 11 is 0. The average Bonchev–Trinajstić information content (AvgIpc) is 3.14. The maximum atomic E-state index is 15.1. The van der Waals surface area contributed by atoms with E-state index in [0.29, 0.717) is 24.3 Å². The minimum absolute atomic E-state index is 0.0624. The second-order valence-electron chi connectivity index (χ2n) is 9.07. The van der Waals surface area contributed by atoms with Gasteiger partial charge >= 0.3 is 0 Å². The van der Waals surface area contributed by atoms with E-state index in [9.17, 15) is 8.78 Å². The molecule has 4 rings (SSSR count). The molecule has 168 valence electrons. The van der Waals surface area contributed by atoms with Crippen molar-refractivity contribution in [3.05, 3.63) is 46.5 Å². The van der Waals surface area contributed by atoms with Gasteiger partial charge in [0, 0.05) is 0 Å². The lowest BCUT2D eigenvalue weighted by Crippen LogP contribution is -2.15. The van der Waals surface area contributed by atoms with Gasteiger partial charge in [-0.3, -0.25) is 0 Å². The Morgan fingerprint density at radius 2 is 1.42 bits per heavy atom. The van der Waals surface area contributed by atoms with E-state index in [4.69, 9.17) is 4.42 Å². The first-order valence-electron chi connectivity index (χ1n) is 11.7. The predicted molar refractivity (Wildman–Crippen MR) is 116 cm³/mol. The van der Waals surface area contributed by atoms with Crippen molar-refractivity contribution in [1.82, 2.24) is 0 Å². The number of unbranched alkanes of at least 4 members (excludes halogenated alkanes) is 2. The fourth-order valence-corrected chi connectivity index (χ4v) is 5.21. The molecular weight excluding hydrogens is 404 g/mol. The SMILES string of the molecule is CCCCCC1CCC(c2cc3oc4cc(CCC)c(F)c(F)c4c3c(F)c2F)CC1. The predicted octanol–water partition coefficient (Wildman–Crippen LogP) is 8.95. The molecule has 0 saturated heterocycles. The number of aryl methyl sites for hydroxylation is 1. The summed E-state index contributed by atoms with van der Waals surface area (Å²) in [6.45, 7) is 4.05. The molecule has 1 aliphatic rings. The fourth-order valence-electron chi connectivity index (χ4n) is 5.21. The van der Waals surface area contributed by atoms with Crippen LogP contribution < -0.4 is 0 Å². The summed E-state index contributed by atoms with van der Waals surface area (Å²) in [5.41, 5.74) is 0.633. The second kappa shape index (κ2) is 9.22. The number of hydrogen-bond acceptors (Lipinski definition) is 1. The Kier molecular flexibility index (Phi) is 6.59. The van der Waals surface area contributed by atoms with Gasteiger partial charge in [0.25, 0.3) is 0 Å². The minimum Gasteiger partial charge on any atom is -0.456 e. The van der Waals surface area contributed by atoms with Gasteiger partial charge in [-0.25, -0.2) is 17.6 Å². The van der Waals surface area contributed by atoms with Crippen LogP contribution in [0.5, 0.6) is 0 Å². The van der Waals surface area contributed by atoms with Crippen molar-refractivity contribution in [3.63, 3.8) is 0 Å². The molecule has 3 aromatic rings. The van der Waals surface area contributed by atoms with E-state index in [1.165, 1.54) is 37.8 Å². The molecule has 1 heterocycles. The van der Waals surface area contributed by atoms with Crippen molar-refractivity contribution in [2.24, 2.45) is 5.92 Å². The number of fused-ring (bicyclic) bond motifs is 3. The highest BCUT2D eigenvalue weighted by Crippen LogP contribution is 2.43. The molecule has 5 heteroatoms. The normalized spacial score (nSPS) is 19.5. The summed E-state index contributed by atoms with van der Waals surface area (Å²) in [5.74, 6) is -3.70. The first kappa shape index (κ1) is 22.2. The lowest BCUT2D eigenvalue weighted by atomic mass is 9.76. The number of hydrogen-bond donors (Lipinski definition) is 0. The molecule has 0 radical (unpaired) electrons. The highest BCUT2D eigenvalue weighted by atomic mass is 19.2. The maximum absolute atomic E-state index is 15.1. The minimum atomic E-state index is -1.17. The van der Waals surface area contributed by atoms with Crippen molar-refractivity contribution in [1.29, 1.82) is 0 Å². The third-order valence-corrected chi connectivity index (χ3v) is 6.94. The molecule has 0 aliphatic heterocycles. The zero-order chi connectivity index (χ0) is 22.1. The van der Waals surface area contributed by atoms with Crippen molar-refractivity contribution >= 4 is 21.9 Å². The van der Waals surface area contributed by atoms with E-state index in [-0.39, 0.29) is 33.4 Å². The van der Waals surface area contributed by atoms with Crippen LogP contribution in [-0.4, -0.2) is 0 Å². The van der Waals surface area contributed by atoms with Gasteiger partial charge in [-0.15, -0.1) is 0 Å². The first-order valence-corrected chi connectivity index (χ1v) is 11.7. The number of rotatable bonds is 7. The van der Waals surface area contributed by atoms with Crippen LogP contribution in [0.4, 0.5) is 17.6 Å². The Hall–Kier alpha value is -2.04. The summed E-state index contributed by atoms with van der Waals surface area (Å²) in [5, 5.41) is -0.612. The molecule has 0 unspecified atom stereocenters. The third kappa shape index (κ3) is 4.08. The standard InChI is InChI=1S/C26H30F4O/c1-3-5-6-8-15-9-11-16(12-10-15)18-14-20-22(26(30)24(18)28)21-19(31-20)13-17(7-4-2)23(27)25(21)29/h13-16H,3-12H2,1-2H3. The molecular formula is C26H30F4O. The van der Waals surface area contributed by atoms with Crippen LogP contribution in [0.2, 0.25) is 0 Å². The smallest absolute Gasteiger partial charge is 0.170 e. The number of furan rings is 1. The monoisotopic (exact) mass is 434 g/mol. The summed E-state index contributed by atoms with van der Waals surface area (Å²) < 4.78 is 65.1. The molecule has 1 fully saturated rings. The fraction of sp³-hybridized carbons (Fsp3) is 0.538. The molecule has 0 atom stereocenters. The topological polar surface area (TPSA) is 13.1 Å². The molecule has 1 aliphatic carbocycles. The summed E-state index contributed by atoms with van der Waals surface area (Å²) in [7, 11) is 0. The van der Waals surface area contributed by atoms with Crippen molar-refractivity contribution in [3.8, 4) is 0 Å². The molecule has 0 bridgehead atoms. The van der Waals surface area contributed by atoms with Crippen LogP contribution in [-0.2, 0) is 6.42 Å². The molecule has 31 heavy (non-hydrogen) atoms. The Labute approximate surface area is 180 Å². The van der Waals surface area contributed by atoms with Crippen LogP contribution in [0.15, 0.2) is 16.5 Å². The van der Waals surface area contributed by atoms with E-state index in [0.717, 1.165) is 25.7 Å². The first-order chi connectivity index (χ1) is 15.0. The quantitative estimate of drug-likeness (QED) is 0.267. The highest BCUT2D eigenvalue weighted by Gasteiger charge is 2.29. The van der Waals surface area contributed by atoms with Gasteiger partial charge in [0.05, 0.1) is 10.8 Å². The average molecular weight is 435 g/mol. The molecule has 1 saturated carbocycles. The molecule has 0 spiro atoms. The van der Waals surface area contributed by atoms with Crippen LogP contribution in [0.1, 0.15) is 88.7 Å². The summed E-state index contributed by atoms with van der Waals surface area (Å²) in [6.07, 6.45) is 9.47. The second-order valence-corrected chi connectivity index (χ2v) is 9.07. The van der Waals surface area contributed by atoms with E-state index in [1.54, 1.807) is 0 Å². The van der Waals surface area contributed by atoms with Crippen LogP contribution in [0, 0.1) is 29.2 Å². The van der Waals surface area contributed by atoms with E-state index in [1.807, 2.05) is 6.92 Å². The Bertz CT molecular complexity index is 1080. The zero-order valence-electron chi connectivity index (χ0n) is 18.3. The largest absolute Gasteiger partial charge is 0.456 e. The number of benzene rings is 2. The van der Waals surface area contributed by atoms with Crippen molar-refractivity contribution < 1.29 is 22.0 Å².